The van der Waals surface area contributed by atoms with E-state index in [1.807, 2.05) is 6.92 Å². The Kier molecular flexibility index (Phi) is 3.88. The minimum Gasteiger partial charge on any atom is -0.452 e. The first kappa shape index (κ1) is 11.0. The van der Waals surface area contributed by atoms with Crippen LogP contribution in [0.1, 0.15) is 19.8 Å². The predicted molar refractivity (Wildman–Crippen MR) is 48.4 cm³/mol. The summed E-state index contributed by atoms with van der Waals surface area (Å²) >= 11 is 0. The number of cyclic esters (lactones) is 1. The van der Waals surface area contributed by atoms with Gasteiger partial charge in [0.15, 0.2) is 6.10 Å². The first-order valence-electron chi connectivity index (χ1n) is 4.71. The third-order valence-electron chi connectivity index (χ3n) is 2.11. The maximum absolute atomic E-state index is 11.3. The van der Waals surface area contributed by atoms with E-state index >= 15 is 0 Å². The molecule has 1 rings (SSSR count). The molecule has 0 aromatic carbocycles. The molecule has 5 heteroatoms. The first-order chi connectivity index (χ1) is 6.63. The Morgan fingerprint density at radius 2 is 2.50 bits per heavy atom. The van der Waals surface area contributed by atoms with Gasteiger partial charge in [-0.15, -0.1) is 0 Å². The number of aliphatic hydroxyl groups excluding tert-OH is 1. The fraction of sp³-hybridized carbons (Fsp3) is 0.778. The summed E-state index contributed by atoms with van der Waals surface area (Å²) in [5, 5.41) is 11.3. The molecule has 0 saturated carbocycles. The van der Waals surface area contributed by atoms with Crippen LogP contribution in [0.5, 0.6) is 0 Å². The van der Waals surface area contributed by atoms with E-state index in [4.69, 9.17) is 9.84 Å². The Balaban J connectivity index is 2.25. The van der Waals surface area contributed by atoms with Crippen molar-refractivity contribution in [1.82, 2.24) is 5.32 Å². The largest absolute Gasteiger partial charge is 0.452 e. The van der Waals surface area contributed by atoms with Crippen LogP contribution in [0.15, 0.2) is 0 Å². The third-order valence-corrected chi connectivity index (χ3v) is 2.11. The Morgan fingerprint density at radius 3 is 3.00 bits per heavy atom. The molecule has 1 saturated heterocycles. The van der Waals surface area contributed by atoms with E-state index in [0.29, 0.717) is 19.4 Å². The molecule has 2 unspecified atom stereocenters. The second-order valence-corrected chi connectivity index (χ2v) is 3.55. The maximum Gasteiger partial charge on any atom is 0.306 e. The standard InChI is InChI=1S/C9H15NO4/c1-6(5-11)4-10-9(13)7-2-3-8(12)14-7/h6-7,11H,2-5H2,1H3,(H,10,13). The molecule has 1 amide bonds. The minimum atomic E-state index is -0.631. The third kappa shape index (κ3) is 2.99. The van der Waals surface area contributed by atoms with Crippen molar-refractivity contribution in [2.24, 2.45) is 5.92 Å². The summed E-state index contributed by atoms with van der Waals surface area (Å²) in [4.78, 5) is 22.1. The summed E-state index contributed by atoms with van der Waals surface area (Å²) in [5.74, 6) is -0.562. The van der Waals surface area contributed by atoms with Gasteiger partial charge in [-0.1, -0.05) is 6.92 Å². The molecule has 1 fully saturated rings. The second-order valence-electron chi connectivity index (χ2n) is 3.55. The SMILES string of the molecule is CC(CO)CNC(=O)C1CCC(=O)O1. The molecule has 0 aromatic rings. The van der Waals surface area contributed by atoms with Crippen LogP contribution in [0, 0.1) is 5.92 Å². The maximum atomic E-state index is 11.3. The first-order valence-corrected chi connectivity index (χ1v) is 4.71. The number of esters is 1. The van der Waals surface area contributed by atoms with Gasteiger partial charge in [-0.25, -0.2) is 0 Å². The van der Waals surface area contributed by atoms with E-state index in [0.717, 1.165) is 0 Å². The predicted octanol–water partition coefficient (Wildman–Crippen LogP) is -0.563. The summed E-state index contributed by atoms with van der Waals surface area (Å²) in [6, 6.07) is 0. The Hall–Kier alpha value is -1.10. The molecule has 14 heavy (non-hydrogen) atoms. The smallest absolute Gasteiger partial charge is 0.306 e. The summed E-state index contributed by atoms with van der Waals surface area (Å²) in [6.07, 6.45) is 0.139. The van der Waals surface area contributed by atoms with Gasteiger partial charge < -0.3 is 15.2 Å². The van der Waals surface area contributed by atoms with Crippen LogP contribution in [-0.2, 0) is 14.3 Å². The molecular formula is C9H15NO4. The number of hydrogen-bond donors (Lipinski definition) is 2. The van der Waals surface area contributed by atoms with Crippen LogP contribution in [-0.4, -0.2) is 36.2 Å². The molecule has 0 radical (unpaired) electrons. The second kappa shape index (κ2) is 4.95. The van der Waals surface area contributed by atoms with Gasteiger partial charge in [-0.05, 0) is 5.92 Å². The number of ether oxygens (including phenoxy) is 1. The number of carbonyl (C=O) groups is 2. The van der Waals surface area contributed by atoms with Crippen molar-refractivity contribution in [1.29, 1.82) is 0 Å². The zero-order valence-corrected chi connectivity index (χ0v) is 8.16. The van der Waals surface area contributed by atoms with Crippen LogP contribution >= 0.6 is 0 Å². The lowest BCUT2D eigenvalue weighted by molar-refractivity contribution is -0.148. The average molecular weight is 201 g/mol. The van der Waals surface area contributed by atoms with E-state index in [1.54, 1.807) is 0 Å². The van der Waals surface area contributed by atoms with E-state index in [9.17, 15) is 9.59 Å². The Labute approximate surface area is 82.4 Å². The number of rotatable bonds is 4. The van der Waals surface area contributed by atoms with Gasteiger partial charge in [0.2, 0.25) is 0 Å². The van der Waals surface area contributed by atoms with Gasteiger partial charge in [-0.2, -0.15) is 0 Å². The molecular weight excluding hydrogens is 186 g/mol. The molecule has 1 aliphatic rings. The highest BCUT2D eigenvalue weighted by Crippen LogP contribution is 2.13. The van der Waals surface area contributed by atoms with Gasteiger partial charge >= 0.3 is 5.97 Å². The summed E-state index contributed by atoms with van der Waals surface area (Å²) in [5.41, 5.74) is 0. The van der Waals surface area contributed by atoms with Crippen molar-refractivity contribution < 1.29 is 19.4 Å². The molecule has 0 aliphatic carbocycles. The van der Waals surface area contributed by atoms with Crippen LogP contribution in [0.3, 0.4) is 0 Å². The number of hydrogen-bond acceptors (Lipinski definition) is 4. The van der Waals surface area contributed by atoms with Crippen LogP contribution in [0.4, 0.5) is 0 Å². The highest BCUT2D eigenvalue weighted by molar-refractivity contribution is 5.86. The van der Waals surface area contributed by atoms with Crippen molar-refractivity contribution in [3.63, 3.8) is 0 Å². The molecule has 0 aromatic heterocycles. The Bertz CT molecular complexity index is 229. The minimum absolute atomic E-state index is 0.0241. The van der Waals surface area contributed by atoms with Crippen molar-refractivity contribution in [3.05, 3.63) is 0 Å². The van der Waals surface area contributed by atoms with Gasteiger partial charge in [-0.3, -0.25) is 9.59 Å². The highest BCUT2D eigenvalue weighted by atomic mass is 16.6. The van der Waals surface area contributed by atoms with E-state index in [2.05, 4.69) is 5.32 Å². The fourth-order valence-corrected chi connectivity index (χ4v) is 1.16. The lowest BCUT2D eigenvalue weighted by atomic mass is 10.2. The normalized spacial score (nSPS) is 23.0. The van der Waals surface area contributed by atoms with E-state index in [1.165, 1.54) is 0 Å². The van der Waals surface area contributed by atoms with Crippen molar-refractivity contribution in [2.45, 2.75) is 25.9 Å². The average Bonchev–Trinajstić information content (AvgIpc) is 2.60. The lowest BCUT2D eigenvalue weighted by Gasteiger charge is -2.12. The summed E-state index contributed by atoms with van der Waals surface area (Å²) < 4.78 is 4.78. The molecule has 2 N–H and O–H groups in total. The van der Waals surface area contributed by atoms with Gasteiger partial charge in [0.05, 0.1) is 0 Å². The Morgan fingerprint density at radius 1 is 1.79 bits per heavy atom. The molecule has 80 valence electrons. The lowest BCUT2D eigenvalue weighted by Crippen LogP contribution is -2.37. The molecule has 2 atom stereocenters. The molecule has 0 bridgehead atoms. The van der Waals surface area contributed by atoms with Gasteiger partial charge in [0.1, 0.15) is 0 Å². The van der Waals surface area contributed by atoms with Crippen LogP contribution < -0.4 is 5.32 Å². The quantitative estimate of drug-likeness (QED) is 0.598. The summed E-state index contributed by atoms with van der Waals surface area (Å²) in [7, 11) is 0. The van der Waals surface area contributed by atoms with E-state index in [-0.39, 0.29) is 24.4 Å². The molecule has 1 heterocycles. The number of amides is 1. The molecule has 1 aliphatic heterocycles. The zero-order valence-electron chi connectivity index (χ0n) is 8.16. The van der Waals surface area contributed by atoms with Crippen molar-refractivity contribution >= 4 is 11.9 Å². The van der Waals surface area contributed by atoms with E-state index < -0.39 is 6.10 Å². The number of nitrogens with one attached hydrogen (secondary N) is 1. The topological polar surface area (TPSA) is 75.6 Å². The van der Waals surface area contributed by atoms with Crippen LogP contribution in [0.2, 0.25) is 0 Å². The highest BCUT2D eigenvalue weighted by Gasteiger charge is 2.29. The number of carbonyl (C=O) groups excluding carboxylic acids is 2. The summed E-state index contributed by atoms with van der Waals surface area (Å²) in [6.45, 7) is 2.26. The molecule has 5 nitrogen and oxygen atoms in total. The van der Waals surface area contributed by atoms with Crippen molar-refractivity contribution in [3.8, 4) is 0 Å². The monoisotopic (exact) mass is 201 g/mol. The van der Waals surface area contributed by atoms with Gasteiger partial charge in [0, 0.05) is 26.0 Å². The van der Waals surface area contributed by atoms with Crippen molar-refractivity contribution in [2.75, 3.05) is 13.2 Å². The number of aliphatic hydroxyl groups is 1. The fourth-order valence-electron chi connectivity index (χ4n) is 1.16. The van der Waals surface area contributed by atoms with Crippen LogP contribution in [0.25, 0.3) is 0 Å². The molecule has 0 spiro atoms. The van der Waals surface area contributed by atoms with Gasteiger partial charge in [0.25, 0.3) is 5.91 Å². The zero-order chi connectivity index (χ0) is 10.6.